The largest absolute Gasteiger partial charge is 0.338 e. The maximum Gasteiger partial charge on any atom is 0.223 e. The Morgan fingerprint density at radius 3 is 2.40 bits per heavy atom. The van der Waals surface area contributed by atoms with Crippen molar-refractivity contribution in [2.24, 2.45) is 11.7 Å². The minimum Gasteiger partial charge on any atom is -0.338 e. The third kappa shape index (κ3) is 1.70. The van der Waals surface area contributed by atoms with Crippen LogP contribution in [0.1, 0.15) is 26.7 Å². The van der Waals surface area contributed by atoms with Gasteiger partial charge in [-0.15, -0.1) is 0 Å². The summed E-state index contributed by atoms with van der Waals surface area (Å²) in [7, 11) is 0. The zero-order valence-corrected chi connectivity index (χ0v) is 6.48. The lowest BCUT2D eigenvalue weighted by atomic mass is 10.2. The second-order valence-electron chi connectivity index (χ2n) is 3.30. The first-order chi connectivity index (χ1) is 4.53. The molecule has 0 heterocycles. The molecule has 3 heteroatoms. The van der Waals surface area contributed by atoms with Crippen LogP contribution < -0.4 is 11.1 Å². The van der Waals surface area contributed by atoms with Crippen LogP contribution in [-0.4, -0.2) is 11.6 Å². The summed E-state index contributed by atoms with van der Waals surface area (Å²) in [6.45, 7) is 3.72. The molecule has 58 valence electrons. The SMILES string of the molecule is CC(C)C(=O)NC1(N)CC1. The number of hydrogen-bond acceptors (Lipinski definition) is 2. The number of carbonyl (C=O) groups is 1. The van der Waals surface area contributed by atoms with Gasteiger partial charge in [0.2, 0.25) is 5.91 Å². The third-order valence-electron chi connectivity index (χ3n) is 1.69. The summed E-state index contributed by atoms with van der Waals surface area (Å²) in [5.41, 5.74) is 5.31. The van der Waals surface area contributed by atoms with E-state index in [1.807, 2.05) is 13.8 Å². The highest BCUT2D eigenvalue weighted by Crippen LogP contribution is 2.28. The molecule has 3 nitrogen and oxygen atoms in total. The molecule has 1 fully saturated rings. The molecular weight excluding hydrogens is 128 g/mol. The Kier molecular flexibility index (Phi) is 1.68. The van der Waals surface area contributed by atoms with Crippen molar-refractivity contribution in [2.45, 2.75) is 32.4 Å². The van der Waals surface area contributed by atoms with Gasteiger partial charge in [-0.2, -0.15) is 0 Å². The van der Waals surface area contributed by atoms with Crippen LogP contribution in [0.4, 0.5) is 0 Å². The summed E-state index contributed by atoms with van der Waals surface area (Å²) in [6, 6.07) is 0. The van der Waals surface area contributed by atoms with Gasteiger partial charge in [0.05, 0.1) is 5.66 Å². The molecule has 1 aliphatic rings. The number of carbonyl (C=O) groups excluding carboxylic acids is 1. The second-order valence-corrected chi connectivity index (χ2v) is 3.30. The smallest absolute Gasteiger partial charge is 0.223 e. The lowest BCUT2D eigenvalue weighted by Gasteiger charge is -2.12. The number of hydrogen-bond donors (Lipinski definition) is 2. The van der Waals surface area contributed by atoms with Crippen LogP contribution in [0.15, 0.2) is 0 Å². The van der Waals surface area contributed by atoms with Crippen LogP contribution in [0.5, 0.6) is 0 Å². The van der Waals surface area contributed by atoms with Crippen LogP contribution in [0.25, 0.3) is 0 Å². The molecule has 10 heavy (non-hydrogen) atoms. The van der Waals surface area contributed by atoms with Gasteiger partial charge in [0.15, 0.2) is 0 Å². The van der Waals surface area contributed by atoms with Gasteiger partial charge in [-0.25, -0.2) is 0 Å². The van der Waals surface area contributed by atoms with Crippen molar-refractivity contribution >= 4 is 5.91 Å². The average molecular weight is 142 g/mol. The Morgan fingerprint density at radius 2 is 2.10 bits per heavy atom. The van der Waals surface area contributed by atoms with Crippen LogP contribution in [0.3, 0.4) is 0 Å². The fourth-order valence-corrected chi connectivity index (χ4v) is 0.649. The Bertz CT molecular complexity index is 150. The molecule has 0 unspecified atom stereocenters. The first-order valence-corrected chi connectivity index (χ1v) is 3.64. The summed E-state index contributed by atoms with van der Waals surface area (Å²) in [4.78, 5) is 11.0. The second kappa shape index (κ2) is 2.23. The van der Waals surface area contributed by atoms with Crippen molar-refractivity contribution in [1.82, 2.24) is 5.32 Å². The molecule has 0 atom stereocenters. The van der Waals surface area contributed by atoms with Crippen LogP contribution in [0, 0.1) is 5.92 Å². The molecule has 3 N–H and O–H groups in total. The molecule has 1 amide bonds. The van der Waals surface area contributed by atoms with E-state index in [4.69, 9.17) is 5.73 Å². The highest BCUT2D eigenvalue weighted by Gasteiger charge is 2.39. The molecule has 0 radical (unpaired) electrons. The molecule has 0 aromatic carbocycles. The zero-order valence-electron chi connectivity index (χ0n) is 6.48. The third-order valence-corrected chi connectivity index (χ3v) is 1.69. The Hall–Kier alpha value is -0.570. The fraction of sp³-hybridized carbons (Fsp3) is 0.857. The summed E-state index contributed by atoms with van der Waals surface area (Å²) in [5.74, 6) is 0.0982. The maximum atomic E-state index is 11.0. The van der Waals surface area contributed by atoms with E-state index in [-0.39, 0.29) is 17.5 Å². The van der Waals surface area contributed by atoms with Crippen molar-refractivity contribution in [1.29, 1.82) is 0 Å². The molecule has 0 spiro atoms. The predicted molar refractivity (Wildman–Crippen MR) is 39.1 cm³/mol. The summed E-state index contributed by atoms with van der Waals surface area (Å²) < 4.78 is 0. The highest BCUT2D eigenvalue weighted by atomic mass is 16.2. The van der Waals surface area contributed by atoms with Crippen LogP contribution in [-0.2, 0) is 4.79 Å². The quantitative estimate of drug-likeness (QED) is 0.541. The maximum absolute atomic E-state index is 11.0. The minimum atomic E-state index is -0.346. The molecular formula is C7H14N2O. The summed E-state index contributed by atoms with van der Waals surface area (Å²) in [5, 5.41) is 2.77. The highest BCUT2D eigenvalue weighted by molar-refractivity contribution is 5.78. The van der Waals surface area contributed by atoms with Gasteiger partial charge in [-0.3, -0.25) is 4.79 Å². The van der Waals surface area contributed by atoms with E-state index in [2.05, 4.69) is 5.32 Å². The lowest BCUT2D eigenvalue weighted by Crippen LogP contribution is -2.45. The van der Waals surface area contributed by atoms with E-state index in [1.54, 1.807) is 0 Å². The molecule has 1 aliphatic carbocycles. The van der Waals surface area contributed by atoms with Crippen LogP contribution in [0.2, 0.25) is 0 Å². The summed E-state index contributed by atoms with van der Waals surface area (Å²) >= 11 is 0. The van der Waals surface area contributed by atoms with E-state index in [9.17, 15) is 4.79 Å². The Morgan fingerprint density at radius 1 is 1.60 bits per heavy atom. The average Bonchev–Trinajstić information content (AvgIpc) is 2.47. The lowest BCUT2D eigenvalue weighted by molar-refractivity contribution is -0.124. The standard InChI is InChI=1S/C7H14N2O/c1-5(2)6(10)9-7(8)3-4-7/h5H,3-4,8H2,1-2H3,(H,9,10). The van der Waals surface area contributed by atoms with Gasteiger partial charge in [0.1, 0.15) is 0 Å². The zero-order chi connectivity index (χ0) is 7.78. The Labute approximate surface area is 61.0 Å². The molecule has 0 aliphatic heterocycles. The fourth-order valence-electron chi connectivity index (χ4n) is 0.649. The normalized spacial score (nSPS) is 20.8. The van der Waals surface area contributed by atoms with E-state index in [1.165, 1.54) is 0 Å². The van der Waals surface area contributed by atoms with Gasteiger partial charge in [-0.05, 0) is 12.8 Å². The van der Waals surface area contributed by atoms with Gasteiger partial charge in [0, 0.05) is 5.92 Å². The van der Waals surface area contributed by atoms with Crippen molar-refractivity contribution < 1.29 is 4.79 Å². The van der Waals surface area contributed by atoms with E-state index < -0.39 is 0 Å². The number of nitrogens with two attached hydrogens (primary N) is 1. The molecule has 0 aromatic rings. The molecule has 0 saturated heterocycles. The van der Waals surface area contributed by atoms with Gasteiger partial charge in [0.25, 0.3) is 0 Å². The van der Waals surface area contributed by atoms with Crippen molar-refractivity contribution in [3.05, 3.63) is 0 Å². The van der Waals surface area contributed by atoms with Gasteiger partial charge >= 0.3 is 0 Å². The molecule has 0 aromatic heterocycles. The minimum absolute atomic E-state index is 0.0426. The Balaban J connectivity index is 2.31. The summed E-state index contributed by atoms with van der Waals surface area (Å²) in [6.07, 6.45) is 1.84. The first kappa shape index (κ1) is 7.54. The molecule has 0 bridgehead atoms. The van der Waals surface area contributed by atoms with Crippen LogP contribution >= 0.6 is 0 Å². The topological polar surface area (TPSA) is 55.1 Å². The van der Waals surface area contributed by atoms with Crippen molar-refractivity contribution in [3.8, 4) is 0 Å². The monoisotopic (exact) mass is 142 g/mol. The number of amides is 1. The van der Waals surface area contributed by atoms with Gasteiger partial charge in [-0.1, -0.05) is 13.8 Å². The predicted octanol–water partition coefficient (Wildman–Crippen LogP) is 0.207. The molecule has 1 rings (SSSR count). The van der Waals surface area contributed by atoms with E-state index >= 15 is 0 Å². The molecule has 1 saturated carbocycles. The van der Waals surface area contributed by atoms with E-state index in [0.29, 0.717) is 0 Å². The van der Waals surface area contributed by atoms with Crippen molar-refractivity contribution in [2.75, 3.05) is 0 Å². The number of rotatable bonds is 2. The number of nitrogens with one attached hydrogen (secondary N) is 1. The van der Waals surface area contributed by atoms with E-state index in [0.717, 1.165) is 12.8 Å². The van der Waals surface area contributed by atoms with Crippen molar-refractivity contribution in [3.63, 3.8) is 0 Å². The first-order valence-electron chi connectivity index (χ1n) is 3.64. The van der Waals surface area contributed by atoms with Gasteiger partial charge < -0.3 is 11.1 Å².